The Morgan fingerprint density at radius 2 is 1.78 bits per heavy atom. The van der Waals surface area contributed by atoms with Gasteiger partial charge in [0.1, 0.15) is 5.75 Å². The Kier molecular flexibility index (Phi) is 7.09. The van der Waals surface area contributed by atoms with Crippen molar-refractivity contribution in [3.8, 4) is 11.8 Å². The maximum Gasteiger partial charge on any atom is 0.573 e. The molecule has 0 spiro atoms. The van der Waals surface area contributed by atoms with Gasteiger partial charge < -0.3 is 10.1 Å². The minimum absolute atomic E-state index is 0.314. The van der Waals surface area contributed by atoms with E-state index in [0.29, 0.717) is 12.1 Å². The van der Waals surface area contributed by atoms with Crippen molar-refractivity contribution < 1.29 is 44.3 Å². The van der Waals surface area contributed by atoms with Gasteiger partial charge in [0.25, 0.3) is 0 Å². The molecule has 2 aromatic rings. The first kappa shape index (κ1) is 25.0. The number of alkyl halides is 6. The normalized spacial score (nSPS) is 13.2. The summed E-state index contributed by atoms with van der Waals surface area (Å²) >= 11 is 0. The van der Waals surface area contributed by atoms with Crippen LogP contribution in [0, 0.1) is 17.2 Å². The zero-order chi connectivity index (χ0) is 24.3. The van der Waals surface area contributed by atoms with Crippen molar-refractivity contribution in [2.75, 3.05) is 11.1 Å². The molecular weight excluding hydrogens is 466 g/mol. The minimum atomic E-state index is -5.04. The van der Waals surface area contributed by atoms with E-state index in [1.165, 1.54) is 13.0 Å². The maximum absolute atomic E-state index is 13.0. The molecule has 6 nitrogen and oxygen atoms in total. The third-order valence-corrected chi connectivity index (χ3v) is 5.94. The molecule has 2 aromatic carbocycles. The summed E-state index contributed by atoms with van der Waals surface area (Å²) in [5.74, 6) is -3.84. The highest BCUT2D eigenvalue weighted by atomic mass is 32.2. The van der Waals surface area contributed by atoms with Crippen LogP contribution in [-0.2, 0) is 20.8 Å². The van der Waals surface area contributed by atoms with Gasteiger partial charge in [-0.3, -0.25) is 4.79 Å². The van der Waals surface area contributed by atoms with Gasteiger partial charge in [-0.1, -0.05) is 13.0 Å². The summed E-state index contributed by atoms with van der Waals surface area (Å²) in [5, 5.41) is 10.9. The average Bonchev–Trinajstić information content (AvgIpc) is 2.65. The Morgan fingerprint density at radius 1 is 1.12 bits per heavy atom. The lowest BCUT2D eigenvalue weighted by atomic mass is 10.1. The molecule has 0 aromatic heterocycles. The number of carbonyl (C=O) groups is 1. The molecule has 0 saturated carbocycles. The highest BCUT2D eigenvalue weighted by Gasteiger charge is 2.34. The van der Waals surface area contributed by atoms with Crippen LogP contribution in [0.15, 0.2) is 47.4 Å². The van der Waals surface area contributed by atoms with Gasteiger partial charge >= 0.3 is 12.5 Å². The second-order valence-corrected chi connectivity index (χ2v) is 8.60. The fourth-order valence-electron chi connectivity index (χ4n) is 2.59. The highest BCUT2D eigenvalue weighted by Crippen LogP contribution is 2.33. The van der Waals surface area contributed by atoms with Crippen LogP contribution in [0.2, 0.25) is 0 Å². The Balaban J connectivity index is 2.17. The van der Waals surface area contributed by atoms with E-state index in [-0.39, 0.29) is 5.69 Å². The molecule has 1 unspecified atom stereocenters. The van der Waals surface area contributed by atoms with E-state index in [2.05, 4.69) is 10.1 Å². The first-order valence-corrected chi connectivity index (χ1v) is 10.3. The predicted molar refractivity (Wildman–Crippen MR) is 99.1 cm³/mol. The van der Waals surface area contributed by atoms with Gasteiger partial charge in [0.05, 0.1) is 27.8 Å². The van der Waals surface area contributed by atoms with Crippen molar-refractivity contribution >= 4 is 21.4 Å². The average molecular weight is 480 g/mol. The summed E-state index contributed by atoms with van der Waals surface area (Å²) in [7, 11) is -4.25. The summed E-state index contributed by atoms with van der Waals surface area (Å²) in [5.41, 5.74) is -2.25. The van der Waals surface area contributed by atoms with E-state index in [1.54, 1.807) is 0 Å². The molecule has 32 heavy (non-hydrogen) atoms. The molecule has 172 valence electrons. The number of hydrogen-bond acceptors (Lipinski definition) is 5. The summed E-state index contributed by atoms with van der Waals surface area (Å²) in [4.78, 5) is 11.8. The molecule has 0 radical (unpaired) electrons. The van der Waals surface area contributed by atoms with Crippen LogP contribution in [0.4, 0.5) is 32.0 Å². The SMILES string of the molecule is CC(CS(=O)(=O)c1cccc(OC(F)(F)F)c1)C(=O)Nc1ccc(C#N)c(C(F)(F)F)c1. The third-order valence-electron chi connectivity index (χ3n) is 4.03. The lowest BCUT2D eigenvalue weighted by Gasteiger charge is -2.15. The molecule has 13 heteroatoms. The van der Waals surface area contributed by atoms with Gasteiger partial charge in [0.15, 0.2) is 9.84 Å². The Bertz CT molecular complexity index is 1150. The molecule has 0 fully saturated rings. The number of nitrogens with zero attached hydrogens (tertiary/aromatic N) is 1. The van der Waals surface area contributed by atoms with Crippen LogP contribution in [0.3, 0.4) is 0 Å². The number of sulfone groups is 1. The largest absolute Gasteiger partial charge is 0.573 e. The van der Waals surface area contributed by atoms with Gasteiger partial charge in [-0.2, -0.15) is 18.4 Å². The number of benzene rings is 2. The summed E-state index contributed by atoms with van der Waals surface area (Å²) < 4.78 is 105. The number of hydrogen-bond donors (Lipinski definition) is 1. The molecule has 0 saturated heterocycles. The first-order valence-electron chi connectivity index (χ1n) is 8.63. The van der Waals surface area contributed by atoms with Gasteiger partial charge in [0.2, 0.25) is 5.91 Å². The zero-order valence-corrected chi connectivity index (χ0v) is 16.9. The van der Waals surface area contributed by atoms with Crippen LogP contribution in [0.5, 0.6) is 5.75 Å². The second-order valence-electron chi connectivity index (χ2n) is 6.56. The zero-order valence-electron chi connectivity index (χ0n) is 16.1. The number of rotatable bonds is 6. The smallest absolute Gasteiger partial charge is 0.406 e. The number of ether oxygens (including phenoxy) is 1. The van der Waals surface area contributed by atoms with Gasteiger partial charge in [-0.15, -0.1) is 13.2 Å². The Labute approximate surface area is 178 Å². The van der Waals surface area contributed by atoms with Crippen LogP contribution in [-0.4, -0.2) is 26.4 Å². The summed E-state index contributed by atoms with van der Waals surface area (Å²) in [6.45, 7) is 1.18. The second kappa shape index (κ2) is 9.07. The molecule has 1 amide bonds. The molecule has 0 aliphatic carbocycles. The van der Waals surface area contributed by atoms with Crippen LogP contribution < -0.4 is 10.1 Å². The lowest BCUT2D eigenvalue weighted by molar-refractivity contribution is -0.274. The fourth-order valence-corrected chi connectivity index (χ4v) is 4.17. The van der Waals surface area contributed by atoms with Crippen LogP contribution >= 0.6 is 0 Å². The van der Waals surface area contributed by atoms with Crippen molar-refractivity contribution in [1.82, 2.24) is 0 Å². The Hall–Kier alpha value is -3.27. The number of nitrogens with one attached hydrogen (secondary N) is 1. The van der Waals surface area contributed by atoms with Crippen LogP contribution in [0.1, 0.15) is 18.1 Å². The number of carbonyl (C=O) groups excluding carboxylic acids is 1. The fraction of sp³-hybridized carbons (Fsp3) is 0.263. The van der Waals surface area contributed by atoms with E-state index >= 15 is 0 Å². The van der Waals surface area contributed by atoms with Gasteiger partial charge in [0, 0.05) is 11.6 Å². The molecule has 2 rings (SSSR count). The van der Waals surface area contributed by atoms with E-state index in [1.807, 2.05) is 0 Å². The maximum atomic E-state index is 13.0. The van der Waals surface area contributed by atoms with E-state index in [0.717, 1.165) is 30.3 Å². The van der Waals surface area contributed by atoms with E-state index < -0.39 is 61.7 Å². The van der Waals surface area contributed by atoms with Crippen molar-refractivity contribution in [2.24, 2.45) is 5.92 Å². The molecule has 0 aliphatic rings. The first-order chi connectivity index (χ1) is 14.6. The topological polar surface area (TPSA) is 96.3 Å². The minimum Gasteiger partial charge on any atom is -0.406 e. The van der Waals surface area contributed by atoms with Crippen molar-refractivity contribution in [3.05, 3.63) is 53.6 Å². The monoisotopic (exact) mass is 480 g/mol. The van der Waals surface area contributed by atoms with Gasteiger partial charge in [-0.25, -0.2) is 8.42 Å². The van der Waals surface area contributed by atoms with E-state index in [4.69, 9.17) is 5.26 Å². The van der Waals surface area contributed by atoms with E-state index in [9.17, 15) is 39.6 Å². The number of amides is 1. The standard InChI is InChI=1S/C19H14F6N2O4S/c1-11(10-32(29,30)15-4-2-3-14(8-15)31-19(23,24)25)17(28)27-13-6-5-12(9-26)16(7-13)18(20,21)22/h2-8,11H,10H2,1H3,(H,27,28). The Morgan fingerprint density at radius 3 is 2.34 bits per heavy atom. The number of anilines is 1. The molecule has 1 atom stereocenters. The van der Waals surface area contributed by atoms with Gasteiger partial charge in [-0.05, 0) is 36.4 Å². The molecule has 0 bridgehead atoms. The van der Waals surface area contributed by atoms with Crippen molar-refractivity contribution in [3.63, 3.8) is 0 Å². The third kappa shape index (κ3) is 6.61. The predicted octanol–water partition coefficient (Wildman–Crippen LogP) is 4.52. The van der Waals surface area contributed by atoms with Crippen LogP contribution in [0.25, 0.3) is 0 Å². The quantitative estimate of drug-likeness (QED) is 0.614. The molecule has 0 aliphatic heterocycles. The number of nitriles is 1. The van der Waals surface area contributed by atoms with Crippen molar-refractivity contribution in [2.45, 2.75) is 24.4 Å². The molecular formula is C19H14F6N2O4S. The lowest BCUT2D eigenvalue weighted by Crippen LogP contribution is -2.27. The molecule has 1 N–H and O–H groups in total. The molecule has 0 heterocycles. The van der Waals surface area contributed by atoms with Crippen molar-refractivity contribution in [1.29, 1.82) is 5.26 Å². The summed E-state index contributed by atoms with van der Waals surface area (Å²) in [6.07, 6.45) is -9.89. The summed E-state index contributed by atoms with van der Waals surface area (Å²) in [6, 6.07) is 7.39. The highest BCUT2D eigenvalue weighted by molar-refractivity contribution is 7.91. The number of halogens is 6.